The number of pyridine rings is 1. The first-order chi connectivity index (χ1) is 12.9. The van der Waals surface area contributed by atoms with E-state index in [1.54, 1.807) is 11.3 Å². The summed E-state index contributed by atoms with van der Waals surface area (Å²) in [4.78, 5) is 12.1. The Balaban J connectivity index is 1.39. The molecular formula is C20H24N4OS. The first-order valence-electron chi connectivity index (χ1n) is 9.56. The van der Waals surface area contributed by atoms with E-state index in [0.717, 1.165) is 68.9 Å². The van der Waals surface area contributed by atoms with E-state index in [0.29, 0.717) is 6.04 Å². The third-order valence-corrected chi connectivity index (χ3v) is 6.33. The lowest BCUT2D eigenvalue weighted by atomic mass is 10.0. The third kappa shape index (κ3) is 3.06. The first-order valence-corrected chi connectivity index (χ1v) is 10.5. The number of nitrogens with zero attached hydrogens (tertiary/aromatic N) is 4. The van der Waals surface area contributed by atoms with Gasteiger partial charge in [0.25, 0.3) is 0 Å². The average Bonchev–Trinajstić information content (AvgIpc) is 3.43. The number of imidazole rings is 1. The van der Waals surface area contributed by atoms with Crippen LogP contribution in [-0.2, 0) is 11.3 Å². The van der Waals surface area contributed by atoms with Crippen LogP contribution in [0.1, 0.15) is 49.2 Å². The molecule has 2 saturated heterocycles. The average molecular weight is 369 g/mol. The van der Waals surface area contributed by atoms with Gasteiger partial charge in [-0.15, -0.1) is 0 Å². The van der Waals surface area contributed by atoms with Crippen LogP contribution < -0.4 is 0 Å². The minimum absolute atomic E-state index is 0.132. The maximum Gasteiger partial charge on any atom is 0.160 e. The van der Waals surface area contributed by atoms with Gasteiger partial charge in [-0.25, -0.2) is 9.97 Å². The van der Waals surface area contributed by atoms with Crippen LogP contribution in [0.5, 0.6) is 0 Å². The summed E-state index contributed by atoms with van der Waals surface area (Å²) < 4.78 is 8.37. The van der Waals surface area contributed by atoms with Crippen LogP contribution in [-0.4, -0.2) is 39.1 Å². The van der Waals surface area contributed by atoms with Gasteiger partial charge in [-0.1, -0.05) is 0 Å². The van der Waals surface area contributed by atoms with Gasteiger partial charge in [0.05, 0.1) is 0 Å². The first kappa shape index (κ1) is 16.4. The van der Waals surface area contributed by atoms with Crippen LogP contribution in [0.25, 0.3) is 11.2 Å². The molecule has 0 radical (unpaired) electrons. The van der Waals surface area contributed by atoms with Crippen molar-refractivity contribution < 1.29 is 4.74 Å². The highest BCUT2D eigenvalue weighted by Crippen LogP contribution is 2.35. The van der Waals surface area contributed by atoms with Crippen molar-refractivity contribution in [2.75, 3.05) is 19.7 Å². The summed E-state index contributed by atoms with van der Waals surface area (Å²) in [5.41, 5.74) is 3.45. The van der Waals surface area contributed by atoms with Crippen LogP contribution in [0.15, 0.2) is 35.2 Å². The molecule has 0 aliphatic carbocycles. The standard InChI is InChI=1S/C20H24N4OS/c1-3-17-19(21-8-1)24(20(22-17)18-4-2-11-25-18)16-5-9-23(10-6-16)13-15-7-12-26-14-15/h1,3,7-8,12,14,16,18H,2,4-6,9-11,13H2/t18-/m1/s1. The summed E-state index contributed by atoms with van der Waals surface area (Å²) >= 11 is 1.78. The van der Waals surface area contributed by atoms with Gasteiger partial charge >= 0.3 is 0 Å². The Morgan fingerprint density at radius 1 is 1.19 bits per heavy atom. The Kier molecular flexibility index (Phi) is 4.48. The molecule has 2 aliphatic heterocycles. The van der Waals surface area contributed by atoms with Crippen molar-refractivity contribution in [3.63, 3.8) is 0 Å². The fourth-order valence-electron chi connectivity index (χ4n) is 4.29. The van der Waals surface area contributed by atoms with Crippen LogP contribution in [0.2, 0.25) is 0 Å². The largest absolute Gasteiger partial charge is 0.370 e. The van der Waals surface area contributed by atoms with E-state index in [1.807, 2.05) is 12.3 Å². The van der Waals surface area contributed by atoms with E-state index in [-0.39, 0.29) is 6.10 Å². The maximum atomic E-state index is 5.97. The van der Waals surface area contributed by atoms with Gasteiger partial charge < -0.3 is 9.30 Å². The number of likely N-dealkylation sites (tertiary alicyclic amines) is 1. The predicted molar refractivity (Wildman–Crippen MR) is 103 cm³/mol. The Labute approximate surface area is 157 Å². The molecule has 2 fully saturated rings. The van der Waals surface area contributed by atoms with Crippen LogP contribution in [0.3, 0.4) is 0 Å². The van der Waals surface area contributed by atoms with Gasteiger partial charge in [0.2, 0.25) is 0 Å². The molecule has 3 aromatic rings. The highest BCUT2D eigenvalue weighted by Gasteiger charge is 2.30. The highest BCUT2D eigenvalue weighted by atomic mass is 32.1. The molecule has 2 aliphatic rings. The monoisotopic (exact) mass is 368 g/mol. The van der Waals surface area contributed by atoms with Crippen molar-refractivity contribution in [2.45, 2.75) is 44.4 Å². The maximum absolute atomic E-state index is 5.97. The molecule has 136 valence electrons. The lowest BCUT2D eigenvalue weighted by Gasteiger charge is -2.33. The molecule has 5 heterocycles. The number of aromatic nitrogens is 3. The van der Waals surface area contributed by atoms with Crippen LogP contribution in [0.4, 0.5) is 0 Å². The summed E-state index contributed by atoms with van der Waals surface area (Å²) in [5, 5.41) is 4.42. The van der Waals surface area contributed by atoms with Gasteiger partial charge in [0, 0.05) is 38.5 Å². The summed E-state index contributed by atoms with van der Waals surface area (Å²) in [7, 11) is 0. The predicted octanol–water partition coefficient (Wildman–Crippen LogP) is 4.18. The Morgan fingerprint density at radius 3 is 2.88 bits per heavy atom. The number of ether oxygens (including phenoxy) is 1. The molecule has 1 atom stereocenters. The van der Waals surface area contributed by atoms with E-state index < -0.39 is 0 Å². The topological polar surface area (TPSA) is 43.2 Å². The summed E-state index contributed by atoms with van der Waals surface area (Å²) in [5.74, 6) is 1.09. The molecule has 26 heavy (non-hydrogen) atoms. The molecule has 0 bridgehead atoms. The quantitative estimate of drug-likeness (QED) is 0.693. The Morgan fingerprint density at radius 2 is 2.12 bits per heavy atom. The van der Waals surface area contributed by atoms with E-state index in [4.69, 9.17) is 9.72 Å². The van der Waals surface area contributed by atoms with E-state index in [1.165, 1.54) is 5.56 Å². The minimum atomic E-state index is 0.132. The summed E-state index contributed by atoms with van der Waals surface area (Å²) in [6.07, 6.45) is 6.50. The van der Waals surface area contributed by atoms with E-state index >= 15 is 0 Å². The number of thiophene rings is 1. The van der Waals surface area contributed by atoms with Crippen molar-refractivity contribution in [3.8, 4) is 0 Å². The van der Waals surface area contributed by atoms with Gasteiger partial charge in [-0.05, 0) is 60.2 Å². The molecule has 5 rings (SSSR count). The smallest absolute Gasteiger partial charge is 0.160 e. The Hall–Kier alpha value is -1.76. The van der Waals surface area contributed by atoms with Crippen molar-refractivity contribution in [1.82, 2.24) is 19.4 Å². The molecule has 0 N–H and O–H groups in total. The molecule has 0 aromatic carbocycles. The van der Waals surface area contributed by atoms with Crippen LogP contribution >= 0.6 is 11.3 Å². The zero-order valence-electron chi connectivity index (χ0n) is 14.9. The van der Waals surface area contributed by atoms with E-state index in [2.05, 4.69) is 37.3 Å². The second kappa shape index (κ2) is 7.10. The molecule has 0 unspecified atom stereocenters. The molecular weight excluding hydrogens is 344 g/mol. The van der Waals surface area contributed by atoms with Crippen molar-refractivity contribution in [1.29, 1.82) is 0 Å². The molecule has 0 amide bonds. The van der Waals surface area contributed by atoms with Crippen molar-refractivity contribution in [2.24, 2.45) is 0 Å². The Bertz CT molecular complexity index is 861. The zero-order valence-corrected chi connectivity index (χ0v) is 15.7. The number of hydrogen-bond acceptors (Lipinski definition) is 5. The molecule has 5 nitrogen and oxygen atoms in total. The van der Waals surface area contributed by atoms with Gasteiger partial charge in [-0.2, -0.15) is 11.3 Å². The summed E-state index contributed by atoms with van der Waals surface area (Å²) in [6, 6.07) is 6.75. The fourth-order valence-corrected chi connectivity index (χ4v) is 4.95. The van der Waals surface area contributed by atoms with Gasteiger partial charge in [0.15, 0.2) is 5.65 Å². The van der Waals surface area contributed by atoms with E-state index in [9.17, 15) is 0 Å². The second-order valence-corrected chi connectivity index (χ2v) is 8.11. The number of hydrogen-bond donors (Lipinski definition) is 0. The molecule has 6 heteroatoms. The SMILES string of the molecule is c1cnc2c(c1)nc([C@H]1CCCO1)n2C1CCN(Cc2ccsc2)CC1. The van der Waals surface area contributed by atoms with Crippen molar-refractivity contribution >= 4 is 22.5 Å². The molecule has 0 saturated carbocycles. The number of rotatable bonds is 4. The minimum Gasteiger partial charge on any atom is -0.370 e. The molecule has 3 aromatic heterocycles. The third-order valence-electron chi connectivity index (χ3n) is 5.60. The van der Waals surface area contributed by atoms with Crippen molar-refractivity contribution in [3.05, 3.63) is 46.5 Å². The lowest BCUT2D eigenvalue weighted by molar-refractivity contribution is 0.0970. The molecule has 0 spiro atoms. The zero-order chi connectivity index (χ0) is 17.3. The second-order valence-electron chi connectivity index (χ2n) is 7.33. The highest BCUT2D eigenvalue weighted by molar-refractivity contribution is 7.07. The fraction of sp³-hybridized carbons (Fsp3) is 0.500. The number of piperidine rings is 1. The van der Waals surface area contributed by atoms with Gasteiger partial charge in [-0.3, -0.25) is 4.90 Å². The van der Waals surface area contributed by atoms with Crippen LogP contribution in [0, 0.1) is 0 Å². The normalized spacial score (nSPS) is 22.4. The lowest BCUT2D eigenvalue weighted by Crippen LogP contribution is -2.34. The van der Waals surface area contributed by atoms with Gasteiger partial charge in [0.1, 0.15) is 17.4 Å². The summed E-state index contributed by atoms with van der Waals surface area (Å²) in [6.45, 7) is 4.16. The number of fused-ring (bicyclic) bond motifs is 1.